The van der Waals surface area contributed by atoms with Crippen molar-refractivity contribution in [3.05, 3.63) is 41.5 Å². The summed E-state index contributed by atoms with van der Waals surface area (Å²) in [5, 5.41) is 9.36. The molecule has 1 aliphatic heterocycles. The number of nitrogens with zero attached hydrogens (tertiary/aromatic N) is 1. The van der Waals surface area contributed by atoms with Gasteiger partial charge >= 0.3 is 12.1 Å². The predicted molar refractivity (Wildman–Crippen MR) is 74.2 cm³/mol. The molecular weight excluding hydrogens is 258 g/mol. The third-order valence-electron chi connectivity index (χ3n) is 3.25. The van der Waals surface area contributed by atoms with E-state index >= 15 is 0 Å². The Morgan fingerprint density at radius 1 is 1.30 bits per heavy atom. The Balaban J connectivity index is 2.28. The number of carbonyl (C=O) groups excluding carboxylic acids is 1. The lowest BCUT2D eigenvalue weighted by molar-refractivity contribution is -0.132. The van der Waals surface area contributed by atoms with Gasteiger partial charge in [0.15, 0.2) is 0 Å². The van der Waals surface area contributed by atoms with Crippen molar-refractivity contribution >= 4 is 17.6 Å². The van der Waals surface area contributed by atoms with Crippen LogP contribution in [0, 0.1) is 0 Å². The van der Waals surface area contributed by atoms with Crippen LogP contribution in [0.1, 0.15) is 18.9 Å². The largest absolute Gasteiger partial charge is 0.478 e. The van der Waals surface area contributed by atoms with Gasteiger partial charge in [0.2, 0.25) is 0 Å². The average Bonchev–Trinajstić information content (AvgIpc) is 2.47. The molecule has 1 amide bonds. The zero-order valence-corrected chi connectivity index (χ0v) is 11.3. The van der Waals surface area contributed by atoms with E-state index in [9.17, 15) is 14.7 Å². The second kappa shape index (κ2) is 6.23. The van der Waals surface area contributed by atoms with Crippen LogP contribution < -0.4 is 0 Å². The monoisotopic (exact) mass is 275 g/mol. The van der Waals surface area contributed by atoms with Gasteiger partial charge in [-0.15, -0.1) is 0 Å². The molecule has 0 aromatic heterocycles. The van der Waals surface area contributed by atoms with E-state index in [0.29, 0.717) is 13.0 Å². The molecule has 106 valence electrons. The van der Waals surface area contributed by atoms with Crippen LogP contribution in [-0.4, -0.2) is 41.8 Å². The Morgan fingerprint density at radius 3 is 2.60 bits per heavy atom. The van der Waals surface area contributed by atoms with Crippen LogP contribution in [0.15, 0.2) is 35.9 Å². The molecule has 20 heavy (non-hydrogen) atoms. The molecule has 5 heteroatoms. The maximum Gasteiger partial charge on any atom is 0.410 e. The highest BCUT2D eigenvalue weighted by Crippen LogP contribution is 2.27. The van der Waals surface area contributed by atoms with E-state index < -0.39 is 12.1 Å². The topological polar surface area (TPSA) is 66.8 Å². The van der Waals surface area contributed by atoms with Gasteiger partial charge in [0.25, 0.3) is 0 Å². The molecule has 0 saturated heterocycles. The summed E-state index contributed by atoms with van der Waals surface area (Å²) in [7, 11) is 0. The van der Waals surface area contributed by atoms with Gasteiger partial charge in [-0.1, -0.05) is 30.3 Å². The van der Waals surface area contributed by atoms with E-state index in [2.05, 4.69) is 0 Å². The highest BCUT2D eigenvalue weighted by Gasteiger charge is 2.27. The van der Waals surface area contributed by atoms with Crippen molar-refractivity contribution in [3.8, 4) is 0 Å². The van der Waals surface area contributed by atoms with Crippen molar-refractivity contribution in [2.75, 3.05) is 19.7 Å². The minimum atomic E-state index is -0.988. The van der Waals surface area contributed by atoms with Crippen molar-refractivity contribution in [1.29, 1.82) is 0 Å². The first-order chi connectivity index (χ1) is 9.63. The van der Waals surface area contributed by atoms with E-state index in [0.717, 1.165) is 11.1 Å². The second-order valence-corrected chi connectivity index (χ2v) is 4.50. The van der Waals surface area contributed by atoms with Gasteiger partial charge in [-0.2, -0.15) is 0 Å². The molecule has 2 rings (SSSR count). The number of aliphatic carboxylic acids is 1. The summed E-state index contributed by atoms with van der Waals surface area (Å²) in [6, 6.07) is 9.41. The molecular formula is C15H17NO4. The summed E-state index contributed by atoms with van der Waals surface area (Å²) in [6.45, 7) is 2.57. The summed E-state index contributed by atoms with van der Waals surface area (Å²) in [5.41, 5.74) is 1.95. The molecule has 1 aromatic carbocycles. The summed E-state index contributed by atoms with van der Waals surface area (Å²) < 4.78 is 4.92. The van der Waals surface area contributed by atoms with E-state index in [1.165, 1.54) is 4.90 Å². The zero-order chi connectivity index (χ0) is 14.5. The van der Waals surface area contributed by atoms with Gasteiger partial charge in [0, 0.05) is 6.54 Å². The van der Waals surface area contributed by atoms with Crippen molar-refractivity contribution in [1.82, 2.24) is 4.90 Å². The number of carboxylic acids is 1. The van der Waals surface area contributed by atoms with E-state index in [1.54, 1.807) is 6.92 Å². The van der Waals surface area contributed by atoms with Crippen LogP contribution in [0.25, 0.3) is 5.57 Å². The Bertz CT molecular complexity index is 536. The normalized spacial score (nSPS) is 15.2. The highest BCUT2D eigenvalue weighted by molar-refractivity contribution is 5.98. The summed E-state index contributed by atoms with van der Waals surface area (Å²) in [4.78, 5) is 24.6. The molecule has 0 spiro atoms. The molecule has 0 unspecified atom stereocenters. The van der Waals surface area contributed by atoms with Crippen LogP contribution in [0.5, 0.6) is 0 Å². The van der Waals surface area contributed by atoms with Gasteiger partial charge in [-0.3, -0.25) is 0 Å². The van der Waals surface area contributed by atoms with Crippen LogP contribution in [0.3, 0.4) is 0 Å². The molecule has 5 nitrogen and oxygen atoms in total. The Kier molecular flexibility index (Phi) is 4.40. The molecule has 0 bridgehead atoms. The molecule has 0 radical (unpaired) electrons. The van der Waals surface area contributed by atoms with Gasteiger partial charge in [-0.25, -0.2) is 9.59 Å². The SMILES string of the molecule is CCOC(=O)N1CCC(c2ccccc2)=C(C(=O)O)C1. The number of rotatable bonds is 3. The minimum Gasteiger partial charge on any atom is -0.478 e. The average molecular weight is 275 g/mol. The number of hydrogen-bond donors (Lipinski definition) is 1. The maximum absolute atomic E-state index is 11.7. The standard InChI is InChI=1S/C15H17NO4/c1-2-20-15(19)16-9-8-12(13(10-16)14(17)18)11-6-4-3-5-7-11/h3-7H,2,8-10H2,1H3,(H,17,18). The van der Waals surface area contributed by atoms with Gasteiger partial charge in [0.1, 0.15) is 0 Å². The summed E-state index contributed by atoms with van der Waals surface area (Å²) >= 11 is 0. The van der Waals surface area contributed by atoms with Crippen LogP contribution in [0.2, 0.25) is 0 Å². The van der Waals surface area contributed by atoms with Crippen LogP contribution >= 0.6 is 0 Å². The van der Waals surface area contributed by atoms with Crippen molar-refractivity contribution in [3.63, 3.8) is 0 Å². The zero-order valence-electron chi connectivity index (χ0n) is 11.3. The molecule has 0 atom stereocenters. The fraction of sp³-hybridized carbons (Fsp3) is 0.333. The van der Waals surface area contributed by atoms with Crippen molar-refractivity contribution in [2.24, 2.45) is 0 Å². The molecule has 1 aliphatic rings. The Morgan fingerprint density at radius 2 is 2.00 bits per heavy atom. The third kappa shape index (κ3) is 2.99. The number of carbonyl (C=O) groups is 2. The minimum absolute atomic E-state index is 0.0817. The highest BCUT2D eigenvalue weighted by atomic mass is 16.6. The van der Waals surface area contributed by atoms with Gasteiger partial charge in [0.05, 0.1) is 18.7 Å². The first-order valence-corrected chi connectivity index (χ1v) is 6.56. The van der Waals surface area contributed by atoms with Gasteiger partial charge < -0.3 is 14.7 Å². The smallest absolute Gasteiger partial charge is 0.410 e. The fourth-order valence-corrected chi connectivity index (χ4v) is 2.29. The maximum atomic E-state index is 11.7. The predicted octanol–water partition coefficient (Wildman–Crippen LogP) is 2.39. The Labute approximate surface area is 117 Å². The van der Waals surface area contributed by atoms with Crippen LogP contribution in [-0.2, 0) is 9.53 Å². The number of hydrogen-bond acceptors (Lipinski definition) is 3. The summed E-state index contributed by atoms with van der Waals surface area (Å²) in [5.74, 6) is -0.988. The lowest BCUT2D eigenvalue weighted by atomic mass is 9.93. The molecule has 1 aromatic rings. The van der Waals surface area contributed by atoms with E-state index in [4.69, 9.17) is 4.74 Å². The molecule has 1 heterocycles. The third-order valence-corrected chi connectivity index (χ3v) is 3.25. The number of carboxylic acid groups (broad SMARTS) is 1. The van der Waals surface area contributed by atoms with E-state index in [-0.39, 0.29) is 18.7 Å². The summed E-state index contributed by atoms with van der Waals surface area (Å²) in [6.07, 6.45) is 0.0585. The molecule has 0 fully saturated rings. The molecule has 1 N–H and O–H groups in total. The lowest BCUT2D eigenvalue weighted by Crippen LogP contribution is -2.38. The van der Waals surface area contributed by atoms with Crippen molar-refractivity contribution < 1.29 is 19.4 Å². The lowest BCUT2D eigenvalue weighted by Gasteiger charge is -2.28. The van der Waals surface area contributed by atoms with Crippen LogP contribution in [0.4, 0.5) is 4.79 Å². The fourth-order valence-electron chi connectivity index (χ4n) is 2.29. The number of benzene rings is 1. The molecule has 0 aliphatic carbocycles. The van der Waals surface area contributed by atoms with E-state index in [1.807, 2.05) is 30.3 Å². The number of ether oxygens (including phenoxy) is 1. The second-order valence-electron chi connectivity index (χ2n) is 4.50. The van der Waals surface area contributed by atoms with Crippen molar-refractivity contribution in [2.45, 2.75) is 13.3 Å². The Hall–Kier alpha value is -2.30. The quantitative estimate of drug-likeness (QED) is 0.919. The first-order valence-electron chi connectivity index (χ1n) is 6.56. The first kappa shape index (κ1) is 14.1. The molecule has 0 saturated carbocycles. The number of amides is 1. The van der Waals surface area contributed by atoms with Gasteiger partial charge in [-0.05, 0) is 24.5 Å².